The van der Waals surface area contributed by atoms with Crippen molar-refractivity contribution >= 4 is 15.8 Å². The van der Waals surface area contributed by atoms with Crippen LogP contribution in [0.15, 0.2) is 23.4 Å². The number of rotatable bonds is 6. The van der Waals surface area contributed by atoms with Crippen molar-refractivity contribution in [2.45, 2.75) is 24.8 Å². The van der Waals surface area contributed by atoms with Gasteiger partial charge in [0, 0.05) is 44.6 Å². The van der Waals surface area contributed by atoms with Gasteiger partial charge in [0.1, 0.15) is 4.90 Å². The molecule has 0 amide bonds. The maximum atomic E-state index is 12.1. The minimum atomic E-state index is -3.63. The molecule has 2 aromatic heterocycles. The van der Waals surface area contributed by atoms with Crippen molar-refractivity contribution in [1.82, 2.24) is 24.3 Å². The lowest BCUT2D eigenvalue weighted by Crippen LogP contribution is -2.26. The highest BCUT2D eigenvalue weighted by Gasteiger charge is 2.20. The number of anilines is 1. The van der Waals surface area contributed by atoms with Gasteiger partial charge in [0.15, 0.2) is 5.82 Å². The Morgan fingerprint density at radius 3 is 2.75 bits per heavy atom. The number of aromatic nitrogens is 4. The summed E-state index contributed by atoms with van der Waals surface area (Å²) < 4.78 is 30.0. The molecule has 3 N–H and O–H groups in total. The zero-order valence-corrected chi connectivity index (χ0v) is 12.3. The van der Waals surface area contributed by atoms with Gasteiger partial charge in [-0.1, -0.05) is 0 Å². The van der Waals surface area contributed by atoms with Crippen LogP contribution in [0.2, 0.25) is 0 Å². The van der Waals surface area contributed by atoms with Crippen molar-refractivity contribution < 1.29 is 8.42 Å². The summed E-state index contributed by atoms with van der Waals surface area (Å²) in [6.07, 6.45) is 3.66. The molecule has 0 atom stereocenters. The Balaban J connectivity index is 2.04. The summed E-state index contributed by atoms with van der Waals surface area (Å²) in [5, 5.41) is 7.95. The van der Waals surface area contributed by atoms with E-state index in [0.29, 0.717) is 13.0 Å². The van der Waals surface area contributed by atoms with E-state index >= 15 is 0 Å². The van der Waals surface area contributed by atoms with Crippen LogP contribution in [-0.2, 0) is 30.0 Å². The van der Waals surface area contributed by atoms with Crippen LogP contribution in [-0.4, -0.2) is 34.5 Å². The molecule has 0 saturated heterocycles. The Morgan fingerprint density at radius 2 is 2.20 bits per heavy atom. The summed E-state index contributed by atoms with van der Waals surface area (Å²) in [6.45, 7) is 2.70. The molecule has 2 aromatic rings. The molecular weight excluding hydrogens is 280 g/mol. The average molecular weight is 298 g/mol. The van der Waals surface area contributed by atoms with Crippen molar-refractivity contribution in [2.24, 2.45) is 7.05 Å². The van der Waals surface area contributed by atoms with Crippen LogP contribution >= 0.6 is 0 Å². The number of nitrogen functional groups attached to an aromatic ring is 1. The highest BCUT2D eigenvalue weighted by atomic mass is 32.2. The standard InChI is InChI=1S/C11H18N6O2S/c1-3-17-8-10(11(12)15-17)20(18,19)14-7-5-9-4-6-13-16(9)2/h4,6,8,14H,3,5,7H2,1-2H3,(H2,12,15). The average Bonchev–Trinajstić information content (AvgIpc) is 2.96. The van der Waals surface area contributed by atoms with Gasteiger partial charge in [0.25, 0.3) is 0 Å². The molecular formula is C11H18N6O2S. The monoisotopic (exact) mass is 298 g/mol. The Kier molecular flexibility index (Phi) is 4.09. The summed E-state index contributed by atoms with van der Waals surface area (Å²) in [6, 6.07) is 1.85. The normalized spacial score (nSPS) is 11.9. The van der Waals surface area contributed by atoms with Gasteiger partial charge in [-0.3, -0.25) is 9.36 Å². The number of nitrogens with zero attached hydrogens (tertiary/aromatic N) is 4. The minimum absolute atomic E-state index is 0.0138. The van der Waals surface area contributed by atoms with Crippen LogP contribution < -0.4 is 10.5 Å². The van der Waals surface area contributed by atoms with Gasteiger partial charge >= 0.3 is 0 Å². The third kappa shape index (κ3) is 2.99. The largest absolute Gasteiger partial charge is 0.381 e. The van der Waals surface area contributed by atoms with E-state index in [0.717, 1.165) is 5.69 Å². The molecule has 8 nitrogen and oxygen atoms in total. The molecule has 2 rings (SSSR count). The Hall–Kier alpha value is -1.87. The van der Waals surface area contributed by atoms with E-state index in [1.54, 1.807) is 10.9 Å². The molecule has 0 aliphatic carbocycles. The van der Waals surface area contributed by atoms with E-state index in [-0.39, 0.29) is 17.3 Å². The second-order valence-corrected chi connectivity index (χ2v) is 6.06. The van der Waals surface area contributed by atoms with Crippen LogP contribution in [0.3, 0.4) is 0 Å². The van der Waals surface area contributed by atoms with Crippen LogP contribution in [0.1, 0.15) is 12.6 Å². The summed E-state index contributed by atoms with van der Waals surface area (Å²) in [5.74, 6) is 0.0138. The van der Waals surface area contributed by atoms with Gasteiger partial charge < -0.3 is 5.73 Å². The fourth-order valence-corrected chi connectivity index (χ4v) is 2.93. The number of nitrogens with two attached hydrogens (primary N) is 1. The Bertz CT molecular complexity index is 688. The number of nitrogens with one attached hydrogen (secondary N) is 1. The Labute approximate surface area is 117 Å². The molecule has 0 unspecified atom stereocenters. The van der Waals surface area contributed by atoms with Crippen LogP contribution in [0.4, 0.5) is 5.82 Å². The zero-order valence-electron chi connectivity index (χ0n) is 11.4. The summed E-state index contributed by atoms with van der Waals surface area (Å²) in [5.41, 5.74) is 6.58. The number of sulfonamides is 1. The molecule has 0 fully saturated rings. The summed E-state index contributed by atoms with van der Waals surface area (Å²) in [4.78, 5) is 0.0179. The maximum absolute atomic E-state index is 12.1. The molecule has 0 spiro atoms. The minimum Gasteiger partial charge on any atom is -0.381 e. The molecule has 0 bridgehead atoms. The van der Waals surface area contributed by atoms with Crippen molar-refractivity contribution in [3.8, 4) is 0 Å². The zero-order chi connectivity index (χ0) is 14.8. The lowest BCUT2D eigenvalue weighted by molar-refractivity contribution is 0.579. The molecule has 0 aliphatic heterocycles. The second kappa shape index (κ2) is 5.63. The molecule has 0 aromatic carbocycles. The number of aryl methyl sites for hydroxylation is 2. The van der Waals surface area contributed by atoms with E-state index < -0.39 is 10.0 Å². The van der Waals surface area contributed by atoms with Crippen LogP contribution in [0.5, 0.6) is 0 Å². The third-order valence-electron chi connectivity index (χ3n) is 2.96. The van der Waals surface area contributed by atoms with Gasteiger partial charge in [0.05, 0.1) is 0 Å². The lowest BCUT2D eigenvalue weighted by Gasteiger charge is -2.05. The fraction of sp³-hybridized carbons (Fsp3) is 0.455. The fourth-order valence-electron chi connectivity index (χ4n) is 1.82. The predicted molar refractivity (Wildman–Crippen MR) is 74.4 cm³/mol. The molecule has 2 heterocycles. The van der Waals surface area contributed by atoms with E-state index in [1.807, 2.05) is 20.0 Å². The first-order valence-corrected chi connectivity index (χ1v) is 7.72. The van der Waals surface area contributed by atoms with Gasteiger partial charge in [-0.15, -0.1) is 0 Å². The van der Waals surface area contributed by atoms with E-state index in [2.05, 4.69) is 14.9 Å². The first-order chi connectivity index (χ1) is 9.44. The van der Waals surface area contributed by atoms with Crippen molar-refractivity contribution in [2.75, 3.05) is 12.3 Å². The lowest BCUT2D eigenvalue weighted by atomic mass is 10.3. The van der Waals surface area contributed by atoms with Crippen molar-refractivity contribution in [3.05, 3.63) is 24.2 Å². The van der Waals surface area contributed by atoms with E-state index in [9.17, 15) is 8.42 Å². The van der Waals surface area contributed by atoms with Gasteiger partial charge in [0.2, 0.25) is 10.0 Å². The molecule has 110 valence electrons. The summed E-state index contributed by atoms with van der Waals surface area (Å²) >= 11 is 0. The molecule has 0 saturated carbocycles. The SMILES string of the molecule is CCn1cc(S(=O)(=O)NCCc2ccnn2C)c(N)n1. The van der Waals surface area contributed by atoms with Crippen LogP contribution in [0, 0.1) is 0 Å². The maximum Gasteiger partial charge on any atom is 0.245 e. The van der Waals surface area contributed by atoms with Gasteiger partial charge in [-0.2, -0.15) is 10.2 Å². The van der Waals surface area contributed by atoms with Gasteiger partial charge in [-0.05, 0) is 13.0 Å². The van der Waals surface area contributed by atoms with Crippen molar-refractivity contribution in [3.63, 3.8) is 0 Å². The molecule has 0 aliphatic rings. The number of hydrogen-bond donors (Lipinski definition) is 2. The van der Waals surface area contributed by atoms with Gasteiger partial charge in [-0.25, -0.2) is 13.1 Å². The number of hydrogen-bond acceptors (Lipinski definition) is 5. The topological polar surface area (TPSA) is 108 Å². The summed E-state index contributed by atoms with van der Waals surface area (Å²) in [7, 11) is -1.82. The smallest absolute Gasteiger partial charge is 0.245 e. The van der Waals surface area contributed by atoms with E-state index in [4.69, 9.17) is 5.73 Å². The third-order valence-corrected chi connectivity index (χ3v) is 4.44. The Morgan fingerprint density at radius 1 is 1.45 bits per heavy atom. The molecule has 20 heavy (non-hydrogen) atoms. The predicted octanol–water partition coefficient (Wildman–Crippen LogP) is -0.260. The first kappa shape index (κ1) is 14.5. The second-order valence-electron chi connectivity index (χ2n) is 4.33. The highest BCUT2D eigenvalue weighted by Crippen LogP contribution is 2.15. The quantitative estimate of drug-likeness (QED) is 0.764. The molecule has 0 radical (unpaired) electrons. The van der Waals surface area contributed by atoms with Crippen LogP contribution in [0.25, 0.3) is 0 Å². The first-order valence-electron chi connectivity index (χ1n) is 6.23. The van der Waals surface area contributed by atoms with Crippen molar-refractivity contribution in [1.29, 1.82) is 0 Å². The molecule has 9 heteroatoms. The van der Waals surface area contributed by atoms with E-state index in [1.165, 1.54) is 10.9 Å². The highest BCUT2D eigenvalue weighted by molar-refractivity contribution is 7.89.